The molecule has 8 aromatic rings. The summed E-state index contributed by atoms with van der Waals surface area (Å²) in [6, 6.07) is 5.41. The van der Waals surface area contributed by atoms with Gasteiger partial charge in [0, 0.05) is 184 Å². The van der Waals surface area contributed by atoms with Gasteiger partial charge in [-0.2, -0.15) is 19.6 Å². The number of amides is 9. The molecule has 1 aliphatic rings. The normalized spacial score (nSPS) is 14.6. The number of carbonyl (C=O) groups is 14. The number of benzene rings is 4. The molecular weight excluding hydrogens is 2040 g/mol. The van der Waals surface area contributed by atoms with Gasteiger partial charge in [-0.15, -0.1) is 0 Å². The van der Waals surface area contributed by atoms with Crippen LogP contribution in [0.2, 0.25) is 0 Å². The minimum absolute atomic E-state index is 0.0136. The number of sulfonamides is 2. The minimum atomic E-state index is -4.71. The van der Waals surface area contributed by atoms with Gasteiger partial charge < -0.3 is 131 Å². The predicted octanol–water partition coefficient (Wildman–Crippen LogP) is -0.967. The largest absolute Gasteiger partial charge is 0.494 e. The molecule has 0 bridgehead atoms. The predicted molar refractivity (Wildman–Crippen MR) is 539 cm³/mol. The molecule has 0 radical (unpaired) electrons. The molecule has 56 nitrogen and oxygen atoms in total. The van der Waals surface area contributed by atoms with Crippen molar-refractivity contribution in [3.05, 3.63) is 131 Å². The van der Waals surface area contributed by atoms with E-state index in [0.717, 1.165) is 11.0 Å². The van der Waals surface area contributed by atoms with Crippen molar-refractivity contribution in [2.24, 2.45) is 0 Å². The number of carboxylic acids is 5. The van der Waals surface area contributed by atoms with Crippen molar-refractivity contribution in [3.8, 4) is 11.5 Å². The fourth-order valence-electron chi connectivity index (χ4n) is 15.9. The molecule has 9 amide bonds. The van der Waals surface area contributed by atoms with Crippen LogP contribution in [0.15, 0.2) is 108 Å². The molecule has 5 atom stereocenters. The molecule has 4 aromatic heterocycles. The van der Waals surface area contributed by atoms with Crippen molar-refractivity contribution in [1.29, 1.82) is 0 Å². The molecule has 1 saturated heterocycles. The van der Waals surface area contributed by atoms with Gasteiger partial charge in [-0.1, -0.05) is 0 Å². The Morgan fingerprint density at radius 2 is 0.765 bits per heavy atom. The van der Waals surface area contributed by atoms with E-state index >= 15 is 0 Å². The van der Waals surface area contributed by atoms with Crippen molar-refractivity contribution in [2.45, 2.75) is 132 Å². The number of anilines is 2. The first-order valence-corrected chi connectivity index (χ1v) is 53.3. The van der Waals surface area contributed by atoms with Crippen LogP contribution >= 0.6 is 21.7 Å². The molecule has 0 aliphatic carbocycles. The van der Waals surface area contributed by atoms with E-state index in [2.05, 4.69) is 98.1 Å². The summed E-state index contributed by atoms with van der Waals surface area (Å²) in [5.41, 5.74) is 2.39. The van der Waals surface area contributed by atoms with Crippen LogP contribution < -0.4 is 77.4 Å². The number of hydrogen-bond donors (Lipinski definition) is 26. The topological polar surface area (TPSA) is 811 Å². The van der Waals surface area contributed by atoms with Gasteiger partial charge in [-0.25, -0.2) is 26.8 Å². The van der Waals surface area contributed by atoms with Crippen LogP contribution in [-0.2, 0) is 90.7 Å². The Kier molecular flexibility index (Phi) is 45.4. The second kappa shape index (κ2) is 57.1. The van der Waals surface area contributed by atoms with E-state index in [0.29, 0.717) is 61.7 Å². The smallest absolute Gasteiger partial charge is 0.323 e. The number of aromatic nitrogens is 8. The lowest BCUT2D eigenvalue weighted by Gasteiger charge is -2.33. The number of nitrogens with one attached hydrogen (secondary N) is 15. The summed E-state index contributed by atoms with van der Waals surface area (Å²) in [5.74, 6) is -16.3. The maximum atomic E-state index is 14.6. The summed E-state index contributed by atoms with van der Waals surface area (Å²) in [7, 11) is -18.5. The lowest BCUT2D eigenvalue weighted by molar-refractivity contribution is -0.140. The first-order valence-electron chi connectivity index (χ1n) is 47.0. The van der Waals surface area contributed by atoms with Gasteiger partial charge in [-0.3, -0.25) is 96.1 Å². The minimum Gasteiger partial charge on any atom is -0.494 e. The SMILES string of the molecule is Cc1cc(OCCCC(=O)NCCNC(=O)[C@H](CS(O)(O)O)NC(=O)CC[C@H](NC(=O)CN2CCN(CC(=O)O)CCN(CC(=O)O)CCN(CC(=O)O)CC2)C(=O)N[C@@H](CS(O)(O)O)C(=O)NCCNC(=O)CCCOc2cc(C)c(S(=O)(=O)N[C@@H](CNC(=O)c3ccc4c(cnn4CCCNc4ncc[nH]4)c3)C(=O)O)c(C)c2)cc(C)c1S(=O)(=O)N[C@@H](CNC(=O)c1ccc2c(cnn2CCCNc2ncc[nH]2)c1)C(=O)O. The van der Waals surface area contributed by atoms with E-state index in [9.17, 15) is 137 Å². The van der Waals surface area contributed by atoms with Crippen molar-refractivity contribution in [3.63, 3.8) is 0 Å². The van der Waals surface area contributed by atoms with E-state index in [-0.39, 0.29) is 166 Å². The highest BCUT2D eigenvalue weighted by Gasteiger charge is 2.37. The second-order valence-electron chi connectivity index (χ2n) is 34.8. The maximum Gasteiger partial charge on any atom is 0.323 e. The molecule has 1 fully saturated rings. The van der Waals surface area contributed by atoms with Gasteiger partial charge in [0.2, 0.25) is 61.4 Å². The van der Waals surface area contributed by atoms with Crippen LogP contribution in [0.5, 0.6) is 11.5 Å². The van der Waals surface area contributed by atoms with Gasteiger partial charge in [-0.05, 0) is 143 Å². The maximum absolute atomic E-state index is 14.6. The van der Waals surface area contributed by atoms with E-state index in [1.54, 1.807) is 70.8 Å². The third-order valence-corrected chi connectivity index (χ3v) is 28.0. The zero-order valence-electron chi connectivity index (χ0n) is 81.9. The van der Waals surface area contributed by atoms with Crippen molar-refractivity contribution >= 4 is 159 Å². The quantitative estimate of drug-likeness (QED) is 0.0204. The molecule has 4 aromatic carbocycles. The van der Waals surface area contributed by atoms with Crippen LogP contribution in [0.4, 0.5) is 11.9 Å². The highest BCUT2D eigenvalue weighted by molar-refractivity contribution is 8.19. The van der Waals surface area contributed by atoms with Crippen LogP contribution in [0.3, 0.4) is 0 Å². The first-order chi connectivity index (χ1) is 70.5. The summed E-state index contributed by atoms with van der Waals surface area (Å²) in [6.07, 6.45) is 9.27. The highest BCUT2D eigenvalue weighted by Crippen LogP contribution is 2.35. The van der Waals surface area contributed by atoms with E-state index in [4.69, 9.17) is 9.47 Å². The standard InChI is InChI=1S/C89H127N25O31S4/c1-55-39-63(40-56(2)79(55)148(140,141)107-66(86(130)131)47-100-81(125)59-11-14-70-61(43-59)45-102-113(70)27-7-17-94-88-96-23-24-97-88)144-37-5-9-72(115)90-19-21-92-83(127)68(53-146(134,135)136)105-74(117)16-13-65(104-75(118)49-109-29-31-110(50-76(119)120)33-35-112(52-78(123)124)36-34-111(32-30-109)51-77(121)122)85(129)106-69(54-147(137,138)139)84(128)93-22-20-91-73(116)10-6-38-145-64-41-57(3)80(58(4)42-64)149(142,143)108-67(87(132)133)48-101-82(126)60-12-15-71-62(44-60)46-103-114(71)28-8-18-95-89-98-25-26-99-89/h11-12,14-15,23-26,39-46,65-69,107-108,134-139H,5-10,13,16-22,27-38,47-54H2,1-4H3,(H,90,115)(H,91,116)(H,92,127)(H,93,128)(H,100,125)(H,101,126)(H,104,118)(H,105,117)(H,106,129)(H,119,120)(H,121,122)(H,123,124)(H,130,131)(H,132,133)(H2,94,96,97)(H2,95,98,99)/t65-,66-,67-,68-,69-/m0/s1. The summed E-state index contributed by atoms with van der Waals surface area (Å²) in [6.45, 7) is 2.53. The molecular formula is C89H127N25O31S4. The Bertz CT molecular complexity index is 6130. The lowest BCUT2D eigenvalue weighted by Crippen LogP contribution is -2.57. The zero-order valence-corrected chi connectivity index (χ0v) is 85.1. The number of ether oxygens (including phenoxy) is 2. The number of nitrogens with zero attached hydrogens (tertiary/aromatic N) is 10. The Labute approximate surface area is 857 Å². The molecule has 1 aliphatic heterocycles. The van der Waals surface area contributed by atoms with E-state index in [1.165, 1.54) is 83.7 Å². The molecule has 5 heterocycles. The molecule has 149 heavy (non-hydrogen) atoms. The molecule has 818 valence electrons. The number of hydrogen-bond acceptors (Lipinski definition) is 36. The molecule has 60 heteroatoms. The number of H-pyrrole nitrogens is 2. The number of aromatic amines is 2. The molecule has 26 N–H and O–H groups in total. The summed E-state index contributed by atoms with van der Waals surface area (Å²) >= 11 is 0. The van der Waals surface area contributed by atoms with E-state index in [1.807, 2.05) is 0 Å². The van der Waals surface area contributed by atoms with Crippen LogP contribution in [0.1, 0.15) is 94.3 Å². The first kappa shape index (κ1) is 119. The summed E-state index contributed by atoms with van der Waals surface area (Å²) in [4.78, 5) is 203. The molecule has 9 rings (SSSR count). The fraction of sp³-hybridized carbons (Fsp3) is 0.483. The molecule has 0 spiro atoms. The lowest BCUT2D eigenvalue weighted by atomic mass is 10.1. The Hall–Kier alpha value is -13.9. The number of fused-ring (bicyclic) bond motifs is 2. The van der Waals surface area contributed by atoms with E-state index < -0.39 is 225 Å². The van der Waals surface area contributed by atoms with Gasteiger partial charge in [0.1, 0.15) is 41.7 Å². The number of rotatable bonds is 61. The Morgan fingerprint density at radius 3 is 1.12 bits per heavy atom. The van der Waals surface area contributed by atoms with Crippen molar-refractivity contribution in [2.75, 3.05) is 166 Å². The van der Waals surface area contributed by atoms with Gasteiger partial charge in [0.15, 0.2) is 11.9 Å². The Morgan fingerprint density at radius 1 is 0.403 bits per heavy atom. The van der Waals surface area contributed by atoms with Crippen molar-refractivity contribution < 1.29 is 146 Å². The third-order valence-electron chi connectivity index (χ3n) is 22.9. The fourth-order valence-corrected chi connectivity index (χ4v) is 20.5. The average molecular weight is 2170 g/mol. The van der Waals surface area contributed by atoms with Crippen molar-refractivity contribution in [1.82, 2.24) is 116 Å². The monoisotopic (exact) mass is 2170 g/mol. The van der Waals surface area contributed by atoms with Gasteiger partial charge >= 0.3 is 29.8 Å². The third kappa shape index (κ3) is 40.3. The summed E-state index contributed by atoms with van der Waals surface area (Å²) < 4.78 is 136. The number of imidazole rings is 2. The zero-order chi connectivity index (χ0) is 109. The number of aryl methyl sites for hydroxylation is 6. The van der Waals surface area contributed by atoms with Crippen LogP contribution in [-0.4, -0.2) is 398 Å². The summed E-state index contributed by atoms with van der Waals surface area (Å²) in [5, 5.41) is 87.4. The number of carboxylic acid groups (broad SMARTS) is 5. The molecule has 0 unspecified atom stereocenters. The highest BCUT2D eigenvalue weighted by atomic mass is 32.3. The second-order valence-corrected chi connectivity index (χ2v) is 41.3. The number of aliphatic carboxylic acids is 5. The molecule has 0 saturated carbocycles. The van der Waals surface area contributed by atoms with Crippen LogP contribution in [0, 0.1) is 27.7 Å². The Balaban J connectivity index is 0.755. The number of carbonyl (C=O) groups excluding carboxylic acids is 9. The van der Waals surface area contributed by atoms with Gasteiger partial charge in [0.25, 0.3) is 11.8 Å². The average Bonchev–Trinajstić information content (AvgIpc) is 1.69. The van der Waals surface area contributed by atoms with Gasteiger partial charge in [0.05, 0.1) is 106 Å². The van der Waals surface area contributed by atoms with Crippen LogP contribution in [0.25, 0.3) is 21.8 Å².